The molecule has 0 bridgehead atoms. The van der Waals surface area contributed by atoms with Crippen molar-refractivity contribution < 1.29 is 22.4 Å². The summed E-state index contributed by atoms with van der Waals surface area (Å²) >= 11 is 0. The number of hydrogen-bond acceptors (Lipinski definition) is 7. The van der Waals surface area contributed by atoms with Gasteiger partial charge in [0.15, 0.2) is 5.58 Å². The molecule has 0 spiro atoms. The summed E-state index contributed by atoms with van der Waals surface area (Å²) in [5, 5.41) is 5.02. The van der Waals surface area contributed by atoms with Crippen molar-refractivity contribution >= 4 is 49.7 Å². The second-order valence-electron chi connectivity index (χ2n) is 10.6. The average molecular weight is 577 g/mol. The van der Waals surface area contributed by atoms with Gasteiger partial charge in [-0.05, 0) is 86.9 Å². The minimum Gasteiger partial charge on any atom is -0.424 e. The van der Waals surface area contributed by atoms with Gasteiger partial charge in [0.2, 0.25) is 11.8 Å². The number of sulfonamides is 1. The van der Waals surface area contributed by atoms with E-state index in [-0.39, 0.29) is 22.8 Å². The summed E-state index contributed by atoms with van der Waals surface area (Å²) in [7, 11) is -4.16. The lowest BCUT2D eigenvalue weighted by Crippen LogP contribution is -2.46. The first-order valence-corrected chi connectivity index (χ1v) is 15.7. The fourth-order valence-electron chi connectivity index (χ4n) is 5.66. The third kappa shape index (κ3) is 6.53. The molecular weight excluding hydrogens is 540 g/mol. The Hall–Kier alpha value is -3.92. The summed E-state index contributed by atoms with van der Waals surface area (Å²) in [4.78, 5) is 33.0. The Balaban J connectivity index is 1.26. The third-order valence-electron chi connectivity index (χ3n) is 7.99. The number of aromatic nitrogens is 1. The molecule has 0 radical (unpaired) electrons. The van der Waals surface area contributed by atoms with Gasteiger partial charge in [-0.15, -0.1) is 0 Å². The molecule has 0 saturated heterocycles. The zero-order valence-corrected chi connectivity index (χ0v) is 24.2. The highest BCUT2D eigenvalue weighted by atomic mass is 32.2. The van der Waals surface area contributed by atoms with E-state index < -0.39 is 21.8 Å². The Morgan fingerprint density at radius 1 is 0.951 bits per heavy atom. The molecule has 1 aliphatic rings. The van der Waals surface area contributed by atoms with Gasteiger partial charge in [0.25, 0.3) is 16.0 Å². The number of benzene rings is 3. The largest absolute Gasteiger partial charge is 0.424 e. The van der Waals surface area contributed by atoms with Crippen molar-refractivity contribution in [3.63, 3.8) is 0 Å². The predicted molar refractivity (Wildman–Crippen MR) is 159 cm³/mol. The second kappa shape index (κ2) is 12.3. The molecule has 5 rings (SSSR count). The molecule has 1 saturated carbocycles. The SMILES string of the molecule is CCN(CC)C(=O)C(CC1CCC(Nc2nc3ccccc3o2)CC1)C(=O)NS(=O)(=O)c1ccc2ccccc2c1. The number of carbonyl (C=O) groups excluding carboxylic acids is 2. The Kier molecular flexibility index (Phi) is 8.58. The van der Waals surface area contributed by atoms with Crippen molar-refractivity contribution in [3.8, 4) is 0 Å². The summed E-state index contributed by atoms with van der Waals surface area (Å²) in [5.74, 6) is -2.10. The molecule has 1 aliphatic carbocycles. The van der Waals surface area contributed by atoms with E-state index >= 15 is 0 Å². The van der Waals surface area contributed by atoms with E-state index in [1.807, 2.05) is 62.4 Å². The molecule has 1 atom stereocenters. The standard InChI is InChI=1S/C31H36N4O5S/c1-3-35(4-2)30(37)26(29(36)34-41(38,39)25-18-15-22-9-5-6-10-23(22)20-25)19-21-13-16-24(17-14-21)32-31-33-27-11-7-8-12-28(27)40-31/h5-12,15,18,20-21,24,26H,3-4,13-14,16-17,19H2,1-2H3,(H,32,33)(H,34,36). The fourth-order valence-corrected chi connectivity index (χ4v) is 6.71. The third-order valence-corrected chi connectivity index (χ3v) is 9.34. The Morgan fingerprint density at radius 3 is 2.34 bits per heavy atom. The van der Waals surface area contributed by atoms with Gasteiger partial charge in [-0.3, -0.25) is 9.59 Å². The quantitative estimate of drug-likeness (QED) is 0.245. The van der Waals surface area contributed by atoms with E-state index in [0.29, 0.717) is 25.5 Å². The molecule has 0 aliphatic heterocycles. The minimum absolute atomic E-state index is 0.00985. The first-order chi connectivity index (χ1) is 19.8. The lowest BCUT2D eigenvalue weighted by Gasteiger charge is -2.32. The number of rotatable bonds is 10. The van der Waals surface area contributed by atoms with Crippen LogP contribution in [0.4, 0.5) is 6.01 Å². The van der Waals surface area contributed by atoms with E-state index in [2.05, 4.69) is 15.0 Å². The highest BCUT2D eigenvalue weighted by Crippen LogP contribution is 2.32. The molecule has 2 N–H and O–H groups in total. The zero-order chi connectivity index (χ0) is 29.0. The van der Waals surface area contributed by atoms with Crippen LogP contribution in [0.2, 0.25) is 0 Å². The van der Waals surface area contributed by atoms with Crippen LogP contribution in [-0.4, -0.2) is 49.2 Å². The molecule has 216 valence electrons. The van der Waals surface area contributed by atoms with Crippen LogP contribution < -0.4 is 10.0 Å². The van der Waals surface area contributed by atoms with Gasteiger partial charge in [-0.2, -0.15) is 4.98 Å². The van der Waals surface area contributed by atoms with Gasteiger partial charge in [0.1, 0.15) is 11.4 Å². The number of hydrogen-bond donors (Lipinski definition) is 2. The first-order valence-electron chi connectivity index (χ1n) is 14.2. The number of anilines is 1. The number of nitrogens with zero attached hydrogens (tertiary/aromatic N) is 2. The summed E-state index contributed by atoms with van der Waals surface area (Å²) in [6.07, 6.45) is 3.54. The predicted octanol–water partition coefficient (Wildman–Crippen LogP) is 5.33. The summed E-state index contributed by atoms with van der Waals surface area (Å²) in [5.41, 5.74) is 1.53. The van der Waals surface area contributed by atoms with Gasteiger partial charge < -0.3 is 14.6 Å². The lowest BCUT2D eigenvalue weighted by molar-refractivity contribution is -0.142. The topological polar surface area (TPSA) is 122 Å². The second-order valence-corrected chi connectivity index (χ2v) is 12.3. The Bertz CT molecular complexity index is 1610. The van der Waals surface area contributed by atoms with Crippen LogP contribution in [-0.2, 0) is 19.6 Å². The highest BCUT2D eigenvalue weighted by Gasteiger charge is 2.36. The van der Waals surface area contributed by atoms with Crippen LogP contribution in [0.5, 0.6) is 0 Å². The maximum Gasteiger partial charge on any atom is 0.295 e. The molecule has 1 unspecified atom stereocenters. The lowest BCUT2D eigenvalue weighted by atomic mass is 9.80. The van der Waals surface area contributed by atoms with Gasteiger partial charge in [0.05, 0.1) is 4.90 Å². The molecule has 3 aromatic carbocycles. The number of oxazole rings is 1. The monoisotopic (exact) mass is 576 g/mol. The Morgan fingerprint density at radius 2 is 1.63 bits per heavy atom. The fraction of sp³-hybridized carbons (Fsp3) is 0.387. The van der Waals surface area contributed by atoms with Crippen LogP contribution in [0, 0.1) is 11.8 Å². The molecule has 4 aromatic rings. The van der Waals surface area contributed by atoms with Crippen molar-refractivity contribution in [1.29, 1.82) is 0 Å². The molecule has 1 fully saturated rings. The highest BCUT2D eigenvalue weighted by molar-refractivity contribution is 7.90. The van der Waals surface area contributed by atoms with E-state index in [1.165, 1.54) is 12.1 Å². The van der Waals surface area contributed by atoms with E-state index in [9.17, 15) is 18.0 Å². The zero-order valence-electron chi connectivity index (χ0n) is 23.4. The van der Waals surface area contributed by atoms with E-state index in [1.54, 1.807) is 11.0 Å². The first kappa shape index (κ1) is 28.6. The van der Waals surface area contributed by atoms with Crippen molar-refractivity contribution in [1.82, 2.24) is 14.6 Å². The van der Waals surface area contributed by atoms with Crippen LogP contribution >= 0.6 is 0 Å². The van der Waals surface area contributed by atoms with Crippen LogP contribution in [0.15, 0.2) is 76.0 Å². The molecule has 41 heavy (non-hydrogen) atoms. The molecular formula is C31H36N4O5S. The molecule has 9 nitrogen and oxygen atoms in total. The maximum atomic E-state index is 13.5. The minimum atomic E-state index is -4.16. The van der Waals surface area contributed by atoms with Crippen LogP contribution in [0.3, 0.4) is 0 Å². The summed E-state index contributed by atoms with van der Waals surface area (Å²) < 4.78 is 34.4. The normalized spacial score (nSPS) is 18.2. The number of para-hydroxylation sites is 2. The average Bonchev–Trinajstić information content (AvgIpc) is 3.39. The molecule has 1 aromatic heterocycles. The van der Waals surface area contributed by atoms with E-state index in [4.69, 9.17) is 4.42 Å². The number of nitrogens with one attached hydrogen (secondary N) is 2. The van der Waals surface area contributed by atoms with Gasteiger partial charge in [-0.1, -0.05) is 42.5 Å². The Labute approximate surface area is 240 Å². The van der Waals surface area contributed by atoms with Crippen molar-refractivity contribution in [2.24, 2.45) is 11.8 Å². The summed E-state index contributed by atoms with van der Waals surface area (Å²) in [6, 6.07) is 20.4. The number of amides is 2. The van der Waals surface area contributed by atoms with Crippen molar-refractivity contribution in [2.45, 2.75) is 56.9 Å². The number of carbonyl (C=O) groups is 2. The van der Waals surface area contributed by atoms with Gasteiger partial charge in [-0.25, -0.2) is 13.1 Å². The molecule has 1 heterocycles. The smallest absolute Gasteiger partial charge is 0.295 e. The van der Waals surface area contributed by atoms with E-state index in [0.717, 1.165) is 47.6 Å². The van der Waals surface area contributed by atoms with Crippen LogP contribution in [0.25, 0.3) is 21.9 Å². The van der Waals surface area contributed by atoms with Crippen molar-refractivity contribution in [2.75, 3.05) is 18.4 Å². The molecule has 10 heteroatoms. The maximum absolute atomic E-state index is 13.5. The number of fused-ring (bicyclic) bond motifs is 2. The summed E-state index contributed by atoms with van der Waals surface area (Å²) in [6.45, 7) is 4.59. The van der Waals surface area contributed by atoms with Crippen LogP contribution in [0.1, 0.15) is 46.0 Å². The molecule has 2 amide bonds. The van der Waals surface area contributed by atoms with Crippen molar-refractivity contribution in [3.05, 3.63) is 66.7 Å². The van der Waals surface area contributed by atoms with Gasteiger partial charge in [0, 0.05) is 19.1 Å². The van der Waals surface area contributed by atoms with Gasteiger partial charge >= 0.3 is 0 Å².